The molecule has 0 aliphatic heterocycles. The lowest BCUT2D eigenvalue weighted by Gasteiger charge is -2.11. The standard InChI is InChI=1S/C16H15F2NO2/c1-10-3-4-12(16(20)21-2)7-15(10)19-9-11-5-13(17)8-14(18)6-11/h3-8,19H,9H2,1-2H3. The fourth-order valence-corrected chi connectivity index (χ4v) is 1.97. The Kier molecular flexibility index (Phi) is 4.52. The predicted octanol–water partition coefficient (Wildman–Crippen LogP) is 3.67. The summed E-state index contributed by atoms with van der Waals surface area (Å²) in [6.45, 7) is 2.12. The van der Waals surface area contributed by atoms with E-state index in [1.165, 1.54) is 19.2 Å². The first-order valence-electron chi connectivity index (χ1n) is 6.37. The molecule has 0 spiro atoms. The van der Waals surface area contributed by atoms with Gasteiger partial charge in [0, 0.05) is 18.3 Å². The van der Waals surface area contributed by atoms with E-state index in [0.717, 1.165) is 11.6 Å². The highest BCUT2D eigenvalue weighted by Gasteiger charge is 2.08. The van der Waals surface area contributed by atoms with Gasteiger partial charge in [0.05, 0.1) is 12.7 Å². The number of aryl methyl sites for hydroxylation is 1. The Morgan fingerprint density at radius 1 is 1.14 bits per heavy atom. The zero-order valence-corrected chi connectivity index (χ0v) is 11.7. The fourth-order valence-electron chi connectivity index (χ4n) is 1.97. The molecule has 0 heterocycles. The average Bonchev–Trinajstić information content (AvgIpc) is 2.44. The molecule has 2 rings (SSSR count). The fraction of sp³-hybridized carbons (Fsp3) is 0.188. The SMILES string of the molecule is COC(=O)c1ccc(C)c(NCc2cc(F)cc(F)c2)c1. The maximum absolute atomic E-state index is 13.1. The van der Waals surface area contributed by atoms with Gasteiger partial charge >= 0.3 is 5.97 Å². The largest absolute Gasteiger partial charge is 0.465 e. The summed E-state index contributed by atoms with van der Waals surface area (Å²) in [4.78, 5) is 11.5. The summed E-state index contributed by atoms with van der Waals surface area (Å²) in [5, 5.41) is 3.06. The van der Waals surface area contributed by atoms with Gasteiger partial charge in [-0.15, -0.1) is 0 Å². The summed E-state index contributed by atoms with van der Waals surface area (Å²) in [5.74, 6) is -1.67. The van der Waals surface area contributed by atoms with Crippen molar-refractivity contribution in [1.29, 1.82) is 0 Å². The highest BCUT2D eigenvalue weighted by Crippen LogP contribution is 2.19. The van der Waals surface area contributed by atoms with Crippen LogP contribution >= 0.6 is 0 Å². The number of nitrogens with one attached hydrogen (secondary N) is 1. The lowest BCUT2D eigenvalue weighted by molar-refractivity contribution is 0.0601. The van der Waals surface area contributed by atoms with Crippen molar-refractivity contribution < 1.29 is 18.3 Å². The highest BCUT2D eigenvalue weighted by molar-refractivity contribution is 5.90. The van der Waals surface area contributed by atoms with E-state index in [1.807, 2.05) is 6.92 Å². The van der Waals surface area contributed by atoms with E-state index in [2.05, 4.69) is 10.1 Å². The maximum Gasteiger partial charge on any atom is 0.337 e. The molecular weight excluding hydrogens is 276 g/mol. The molecule has 5 heteroatoms. The van der Waals surface area contributed by atoms with Crippen LogP contribution in [0.15, 0.2) is 36.4 Å². The van der Waals surface area contributed by atoms with Crippen LogP contribution in [-0.4, -0.2) is 13.1 Å². The average molecular weight is 291 g/mol. The molecule has 21 heavy (non-hydrogen) atoms. The molecule has 0 amide bonds. The smallest absolute Gasteiger partial charge is 0.337 e. The van der Waals surface area contributed by atoms with E-state index < -0.39 is 17.6 Å². The molecule has 0 unspecified atom stereocenters. The molecule has 0 saturated heterocycles. The van der Waals surface area contributed by atoms with Gasteiger partial charge in [-0.05, 0) is 42.3 Å². The Morgan fingerprint density at radius 3 is 2.43 bits per heavy atom. The highest BCUT2D eigenvalue weighted by atomic mass is 19.1. The quantitative estimate of drug-likeness (QED) is 0.873. The molecule has 0 bridgehead atoms. The monoisotopic (exact) mass is 291 g/mol. The minimum atomic E-state index is -0.619. The number of esters is 1. The zero-order chi connectivity index (χ0) is 15.4. The van der Waals surface area contributed by atoms with E-state index >= 15 is 0 Å². The van der Waals surface area contributed by atoms with Crippen LogP contribution in [-0.2, 0) is 11.3 Å². The summed E-state index contributed by atoms with van der Waals surface area (Å²) in [6, 6.07) is 8.43. The molecule has 0 saturated carbocycles. The minimum absolute atomic E-state index is 0.250. The third-order valence-electron chi connectivity index (χ3n) is 3.06. The van der Waals surface area contributed by atoms with Gasteiger partial charge < -0.3 is 10.1 Å². The lowest BCUT2D eigenvalue weighted by Crippen LogP contribution is -2.06. The second-order valence-corrected chi connectivity index (χ2v) is 4.65. The van der Waals surface area contributed by atoms with Crippen LogP contribution in [0.5, 0.6) is 0 Å². The van der Waals surface area contributed by atoms with Crippen LogP contribution in [0.3, 0.4) is 0 Å². The van der Waals surface area contributed by atoms with Crippen molar-refractivity contribution in [2.24, 2.45) is 0 Å². The van der Waals surface area contributed by atoms with Gasteiger partial charge in [0.15, 0.2) is 0 Å². The number of anilines is 1. The summed E-state index contributed by atoms with van der Waals surface area (Å²) in [6.07, 6.45) is 0. The summed E-state index contributed by atoms with van der Waals surface area (Å²) in [5.41, 5.74) is 2.52. The molecule has 2 aromatic rings. The molecule has 0 aliphatic rings. The van der Waals surface area contributed by atoms with Crippen molar-refractivity contribution in [1.82, 2.24) is 0 Å². The number of rotatable bonds is 4. The second kappa shape index (κ2) is 6.35. The maximum atomic E-state index is 13.1. The van der Waals surface area contributed by atoms with Crippen LogP contribution in [0, 0.1) is 18.6 Å². The molecule has 110 valence electrons. The van der Waals surface area contributed by atoms with Gasteiger partial charge in [0.2, 0.25) is 0 Å². The van der Waals surface area contributed by atoms with Crippen molar-refractivity contribution >= 4 is 11.7 Å². The first kappa shape index (κ1) is 15.0. The third kappa shape index (κ3) is 3.78. The van der Waals surface area contributed by atoms with E-state index in [-0.39, 0.29) is 6.54 Å². The Balaban J connectivity index is 2.17. The van der Waals surface area contributed by atoms with Crippen LogP contribution in [0.2, 0.25) is 0 Å². The molecule has 0 radical (unpaired) electrons. The van der Waals surface area contributed by atoms with Crippen molar-refractivity contribution in [3.8, 4) is 0 Å². The molecule has 3 nitrogen and oxygen atoms in total. The van der Waals surface area contributed by atoms with E-state index in [4.69, 9.17) is 0 Å². The van der Waals surface area contributed by atoms with Crippen molar-refractivity contribution in [3.63, 3.8) is 0 Å². The van der Waals surface area contributed by atoms with Crippen LogP contribution in [0.4, 0.5) is 14.5 Å². The van der Waals surface area contributed by atoms with Crippen LogP contribution < -0.4 is 5.32 Å². The van der Waals surface area contributed by atoms with Gasteiger partial charge in [0.25, 0.3) is 0 Å². The third-order valence-corrected chi connectivity index (χ3v) is 3.06. The molecule has 2 aromatic carbocycles. The van der Waals surface area contributed by atoms with Crippen molar-refractivity contribution in [2.75, 3.05) is 12.4 Å². The van der Waals surface area contributed by atoms with Gasteiger partial charge in [-0.2, -0.15) is 0 Å². The molecule has 0 aliphatic carbocycles. The summed E-state index contributed by atoms with van der Waals surface area (Å²) >= 11 is 0. The summed E-state index contributed by atoms with van der Waals surface area (Å²) < 4.78 is 30.9. The Labute approximate surface area is 121 Å². The van der Waals surface area contributed by atoms with Crippen molar-refractivity contribution in [2.45, 2.75) is 13.5 Å². The van der Waals surface area contributed by atoms with Gasteiger partial charge in [-0.3, -0.25) is 0 Å². The molecule has 0 atom stereocenters. The molecule has 0 fully saturated rings. The number of hydrogen-bond donors (Lipinski definition) is 1. The Morgan fingerprint density at radius 2 is 1.81 bits per heavy atom. The Bertz CT molecular complexity index is 651. The van der Waals surface area contributed by atoms with E-state index in [1.54, 1.807) is 18.2 Å². The van der Waals surface area contributed by atoms with Gasteiger partial charge in [-0.1, -0.05) is 6.07 Å². The molecular formula is C16H15F2NO2. The van der Waals surface area contributed by atoms with Crippen molar-refractivity contribution in [3.05, 3.63) is 64.7 Å². The number of carbonyl (C=O) groups excluding carboxylic acids is 1. The summed E-state index contributed by atoms with van der Waals surface area (Å²) in [7, 11) is 1.31. The lowest BCUT2D eigenvalue weighted by atomic mass is 10.1. The normalized spacial score (nSPS) is 10.3. The molecule has 0 aromatic heterocycles. The van der Waals surface area contributed by atoms with Crippen LogP contribution in [0.25, 0.3) is 0 Å². The van der Waals surface area contributed by atoms with E-state index in [9.17, 15) is 13.6 Å². The number of hydrogen-bond acceptors (Lipinski definition) is 3. The number of halogens is 2. The van der Waals surface area contributed by atoms with Crippen LogP contribution in [0.1, 0.15) is 21.5 Å². The predicted molar refractivity (Wildman–Crippen MR) is 76.2 cm³/mol. The second-order valence-electron chi connectivity index (χ2n) is 4.65. The first-order valence-corrected chi connectivity index (χ1v) is 6.37. The van der Waals surface area contributed by atoms with Gasteiger partial charge in [0.1, 0.15) is 11.6 Å². The van der Waals surface area contributed by atoms with E-state index in [0.29, 0.717) is 16.8 Å². The number of methoxy groups -OCH3 is 1. The number of carbonyl (C=O) groups is 1. The topological polar surface area (TPSA) is 38.3 Å². The first-order chi connectivity index (χ1) is 9.99. The number of ether oxygens (including phenoxy) is 1. The van der Waals surface area contributed by atoms with Gasteiger partial charge in [-0.25, -0.2) is 13.6 Å². The Hall–Kier alpha value is -2.43. The minimum Gasteiger partial charge on any atom is -0.465 e. The zero-order valence-electron chi connectivity index (χ0n) is 11.7. The number of benzene rings is 2. The molecule has 1 N–H and O–H groups in total.